The Morgan fingerprint density at radius 1 is 0.982 bits per heavy atom. The molecule has 6 amide bonds. The number of piperazine rings is 1. The van der Waals surface area contributed by atoms with Crippen LogP contribution in [0.2, 0.25) is 5.02 Å². The van der Waals surface area contributed by atoms with Crippen molar-refractivity contribution in [1.29, 1.82) is 0 Å². The van der Waals surface area contributed by atoms with Crippen LogP contribution in [0.3, 0.4) is 0 Å². The van der Waals surface area contributed by atoms with Crippen molar-refractivity contribution in [3.63, 3.8) is 0 Å². The lowest BCUT2D eigenvalue weighted by Gasteiger charge is -2.35. The van der Waals surface area contributed by atoms with Crippen molar-refractivity contribution in [3.05, 3.63) is 81.1 Å². The molecule has 2 saturated heterocycles. The van der Waals surface area contributed by atoms with Gasteiger partial charge in [0.25, 0.3) is 17.7 Å². The van der Waals surface area contributed by atoms with Gasteiger partial charge in [0.2, 0.25) is 17.7 Å². The molecule has 1 atom stereocenters. The number of benzene rings is 2. The molecule has 0 radical (unpaired) electrons. The number of aryl methyl sites for hydroxylation is 2. The molecule has 7 rings (SSSR count). The zero-order valence-electron chi connectivity index (χ0n) is 31.3. The van der Waals surface area contributed by atoms with Crippen molar-refractivity contribution >= 4 is 80.8 Å². The molecule has 5 heterocycles. The van der Waals surface area contributed by atoms with Crippen molar-refractivity contribution in [3.8, 4) is 5.75 Å². The van der Waals surface area contributed by atoms with E-state index in [1.165, 1.54) is 23.6 Å². The Morgan fingerprint density at radius 3 is 2.54 bits per heavy atom. The molecule has 3 aliphatic rings. The van der Waals surface area contributed by atoms with Crippen LogP contribution in [0.1, 0.15) is 80.3 Å². The molecule has 0 bridgehead atoms. The highest BCUT2D eigenvalue weighted by atomic mass is 35.5. The van der Waals surface area contributed by atoms with Crippen LogP contribution in [-0.2, 0) is 14.4 Å². The molecule has 0 spiro atoms. The van der Waals surface area contributed by atoms with E-state index in [2.05, 4.69) is 35.8 Å². The summed E-state index contributed by atoms with van der Waals surface area (Å²) in [5.41, 5.74) is 1.69. The van der Waals surface area contributed by atoms with Crippen LogP contribution >= 0.6 is 22.9 Å². The number of anilines is 4. The van der Waals surface area contributed by atoms with E-state index >= 15 is 0 Å². The fourth-order valence-electron chi connectivity index (χ4n) is 6.97. The Hall–Kier alpha value is -5.94. The van der Waals surface area contributed by atoms with E-state index in [1.54, 1.807) is 25.1 Å². The maximum Gasteiger partial charge on any atom is 0.267 e. The molecule has 296 valence electrons. The fourth-order valence-corrected chi connectivity index (χ4v) is 7.96. The minimum absolute atomic E-state index is 0.0434. The van der Waals surface area contributed by atoms with Crippen LogP contribution in [0.25, 0.3) is 0 Å². The van der Waals surface area contributed by atoms with Gasteiger partial charge < -0.3 is 25.2 Å². The van der Waals surface area contributed by atoms with Gasteiger partial charge >= 0.3 is 0 Å². The molecule has 57 heavy (non-hydrogen) atoms. The first-order valence-electron chi connectivity index (χ1n) is 18.6. The minimum Gasteiger partial charge on any atom is -0.493 e. The summed E-state index contributed by atoms with van der Waals surface area (Å²) in [6.07, 6.45) is 4.02. The summed E-state index contributed by atoms with van der Waals surface area (Å²) >= 11 is 7.47. The van der Waals surface area contributed by atoms with Crippen LogP contribution in [0.15, 0.2) is 48.7 Å². The number of carbonyl (C=O) groups excluding carboxylic acids is 6. The zero-order chi connectivity index (χ0) is 40.2. The Bertz CT molecular complexity index is 2240. The van der Waals surface area contributed by atoms with E-state index < -0.39 is 29.7 Å². The number of hydrogen-bond acceptors (Lipinski definition) is 13. The number of ether oxygens (including phenoxy) is 1. The Labute approximate surface area is 336 Å². The number of nitrogens with zero attached hydrogens (tertiary/aromatic N) is 6. The average Bonchev–Trinajstić information content (AvgIpc) is 3.76. The first kappa shape index (κ1) is 39.3. The van der Waals surface area contributed by atoms with Crippen molar-refractivity contribution in [1.82, 2.24) is 30.1 Å². The number of carbonyl (C=O) groups is 6. The standard InChI is InChI=1S/C39H40ClN9O7S/c1-22-8-6-10-25(40)34(22)46-36(53)28-21-41-39(57-28)44-29-20-30(43-23(2)42-29)47-15-17-48(18-16-47)32(51)12-4-3-5-19-56-27-11-7-9-24-33(27)38(55)49(37(24)54)26-13-14-31(50)45-35(26)52/h6-11,20-21,26H,3-5,12-19H2,1-2H3,(H,46,53)(H,45,50,52)(H,41,42,43,44). The first-order valence-corrected chi connectivity index (χ1v) is 19.8. The molecule has 2 aromatic heterocycles. The van der Waals surface area contributed by atoms with Gasteiger partial charge in [-0.1, -0.05) is 41.1 Å². The summed E-state index contributed by atoms with van der Waals surface area (Å²) in [5, 5.41) is 9.20. The van der Waals surface area contributed by atoms with Crippen molar-refractivity contribution in [2.75, 3.05) is 48.3 Å². The fraction of sp³-hybridized carbons (Fsp3) is 0.359. The molecular weight excluding hydrogens is 774 g/mol. The third-order valence-corrected chi connectivity index (χ3v) is 11.2. The average molecular weight is 814 g/mol. The number of para-hydroxylation sites is 1. The van der Waals surface area contributed by atoms with Crippen LogP contribution in [0.4, 0.5) is 22.5 Å². The zero-order valence-corrected chi connectivity index (χ0v) is 32.9. The summed E-state index contributed by atoms with van der Waals surface area (Å²) in [5.74, 6) is -0.457. The minimum atomic E-state index is -1.05. The van der Waals surface area contributed by atoms with Gasteiger partial charge in [-0.25, -0.2) is 15.0 Å². The molecule has 4 aromatic rings. The number of aromatic nitrogens is 3. The van der Waals surface area contributed by atoms with Gasteiger partial charge in [0.1, 0.15) is 34.1 Å². The molecule has 2 fully saturated rings. The molecular formula is C39H40ClN9O7S. The van der Waals surface area contributed by atoms with Crippen LogP contribution in [0, 0.1) is 13.8 Å². The van der Waals surface area contributed by atoms with Crippen LogP contribution in [-0.4, -0.2) is 99.0 Å². The monoisotopic (exact) mass is 813 g/mol. The lowest BCUT2D eigenvalue weighted by molar-refractivity contribution is -0.136. The SMILES string of the molecule is Cc1nc(Nc2ncc(C(=O)Nc3c(C)cccc3Cl)s2)cc(N2CCN(C(=O)CCCCCOc3cccc4c3C(=O)N(C3CCC(=O)NC3=O)C4=O)CC2)n1. The normalized spacial score (nSPS) is 16.8. The maximum absolute atomic E-state index is 13.3. The molecule has 1 unspecified atom stereocenters. The van der Waals surface area contributed by atoms with E-state index in [9.17, 15) is 28.8 Å². The predicted octanol–water partition coefficient (Wildman–Crippen LogP) is 4.89. The molecule has 3 N–H and O–H groups in total. The number of nitrogens with one attached hydrogen (secondary N) is 3. The number of thiazole rings is 1. The van der Waals surface area contributed by atoms with E-state index in [0.717, 1.165) is 22.7 Å². The number of halogens is 1. The Morgan fingerprint density at radius 2 is 1.77 bits per heavy atom. The molecule has 16 nitrogen and oxygen atoms in total. The molecule has 2 aromatic carbocycles. The summed E-state index contributed by atoms with van der Waals surface area (Å²) in [4.78, 5) is 95.1. The number of unbranched alkanes of at least 4 members (excludes halogenated alkanes) is 2. The Kier molecular flexibility index (Phi) is 11.8. The van der Waals surface area contributed by atoms with Crippen LogP contribution < -0.4 is 25.6 Å². The first-order chi connectivity index (χ1) is 27.5. The topological polar surface area (TPSA) is 196 Å². The van der Waals surface area contributed by atoms with Crippen molar-refractivity contribution in [2.45, 2.75) is 58.4 Å². The third-order valence-electron chi connectivity index (χ3n) is 9.93. The number of amides is 6. The van der Waals surface area contributed by atoms with Crippen LogP contribution in [0.5, 0.6) is 5.75 Å². The number of fused-ring (bicyclic) bond motifs is 1. The van der Waals surface area contributed by atoms with Gasteiger partial charge in [0.05, 0.1) is 34.6 Å². The van der Waals surface area contributed by atoms with Gasteiger partial charge in [-0.3, -0.25) is 39.0 Å². The van der Waals surface area contributed by atoms with E-state index in [-0.39, 0.29) is 48.1 Å². The van der Waals surface area contributed by atoms with Gasteiger partial charge in [0.15, 0.2) is 5.13 Å². The van der Waals surface area contributed by atoms with Gasteiger partial charge in [0, 0.05) is 45.1 Å². The van der Waals surface area contributed by atoms with E-state index in [4.69, 9.17) is 16.3 Å². The lowest BCUT2D eigenvalue weighted by atomic mass is 10.0. The number of rotatable bonds is 13. The predicted molar refractivity (Wildman–Crippen MR) is 212 cm³/mol. The molecule has 3 aliphatic heterocycles. The third kappa shape index (κ3) is 8.73. The summed E-state index contributed by atoms with van der Waals surface area (Å²) in [6.45, 7) is 6.24. The van der Waals surface area contributed by atoms with Crippen molar-refractivity contribution in [2.24, 2.45) is 0 Å². The summed E-state index contributed by atoms with van der Waals surface area (Å²) in [7, 11) is 0. The quantitative estimate of drug-likeness (QED) is 0.122. The Balaban J connectivity index is 0.842. The van der Waals surface area contributed by atoms with Crippen molar-refractivity contribution < 1.29 is 33.5 Å². The maximum atomic E-state index is 13.3. The number of piperidine rings is 1. The second-order valence-electron chi connectivity index (χ2n) is 13.9. The largest absolute Gasteiger partial charge is 0.493 e. The van der Waals surface area contributed by atoms with Gasteiger partial charge in [-0.2, -0.15) is 0 Å². The highest BCUT2D eigenvalue weighted by molar-refractivity contribution is 7.17. The van der Waals surface area contributed by atoms with Gasteiger partial charge in [-0.15, -0.1) is 0 Å². The van der Waals surface area contributed by atoms with Gasteiger partial charge in [-0.05, 0) is 63.3 Å². The lowest BCUT2D eigenvalue weighted by Crippen LogP contribution is -2.54. The number of imide groups is 2. The van der Waals surface area contributed by atoms with E-state index in [0.29, 0.717) is 77.8 Å². The second-order valence-corrected chi connectivity index (χ2v) is 15.3. The number of hydrogen-bond donors (Lipinski definition) is 3. The summed E-state index contributed by atoms with van der Waals surface area (Å²) in [6, 6.07) is 11.0. The highest BCUT2D eigenvalue weighted by Crippen LogP contribution is 2.34. The molecule has 18 heteroatoms. The summed E-state index contributed by atoms with van der Waals surface area (Å²) < 4.78 is 5.92. The molecule has 0 saturated carbocycles. The highest BCUT2D eigenvalue weighted by Gasteiger charge is 2.46. The second kappa shape index (κ2) is 17.1. The molecule has 0 aliphatic carbocycles. The van der Waals surface area contributed by atoms with E-state index in [1.807, 2.05) is 30.0 Å². The smallest absolute Gasteiger partial charge is 0.267 e.